The number of hydrogen-bond donors (Lipinski definition) is 0. The molecule has 2 unspecified atom stereocenters. The summed E-state index contributed by atoms with van der Waals surface area (Å²) in [4.78, 5) is 0. The van der Waals surface area contributed by atoms with Crippen LogP contribution in [0.15, 0.2) is 60.7 Å². The number of fused-ring (bicyclic) bond motifs is 2. The first-order valence-electron chi connectivity index (χ1n) is 8.15. The Bertz CT molecular complexity index is 770. The molecule has 0 spiro atoms. The molecule has 4 rings (SSSR count). The molecule has 0 saturated carbocycles. The standard InChI is InChI=1S/C19H15.C2H4.BrH.Zr/c1-3-7-18-14(5-1)9-11-16(18)13-17-12-10-15-6-2-4-8-19(15)17;1-2;;/h1-13,16-17H;1H,2H3;1H;/q;;;+1/p-1. The predicted molar refractivity (Wildman–Crippen MR) is 101 cm³/mol. The molecule has 0 radical (unpaired) electrons. The quantitative estimate of drug-likeness (QED) is 0.535. The Labute approximate surface area is 151 Å². The third-order valence-electron chi connectivity index (χ3n) is 5.04. The molecular weight excluding hydrogens is 423 g/mol. The van der Waals surface area contributed by atoms with Gasteiger partial charge in [0.25, 0.3) is 0 Å². The molecule has 0 aliphatic heterocycles. The molecule has 0 fully saturated rings. The van der Waals surface area contributed by atoms with Crippen molar-refractivity contribution in [2.75, 3.05) is 0 Å². The van der Waals surface area contributed by atoms with Gasteiger partial charge in [0.2, 0.25) is 0 Å². The average Bonchev–Trinajstić information content (AvgIpc) is 3.20. The molecule has 2 aromatic carbocycles. The van der Waals surface area contributed by atoms with E-state index in [-0.39, 0.29) is 0 Å². The van der Waals surface area contributed by atoms with Crippen molar-refractivity contribution < 1.29 is 18.9 Å². The van der Waals surface area contributed by atoms with Gasteiger partial charge >= 0.3 is 152 Å². The van der Waals surface area contributed by atoms with Gasteiger partial charge in [-0.2, -0.15) is 0 Å². The second-order valence-corrected chi connectivity index (χ2v) is 16.6. The maximum absolute atomic E-state index is 4.14. The fraction of sp³-hybridized carbons (Fsp3) is 0.190. The van der Waals surface area contributed by atoms with E-state index in [2.05, 4.69) is 95.7 Å². The molecule has 0 aromatic heterocycles. The van der Waals surface area contributed by atoms with Crippen molar-refractivity contribution in [2.24, 2.45) is 0 Å². The third kappa shape index (κ3) is 2.75. The van der Waals surface area contributed by atoms with E-state index in [1.807, 2.05) is 0 Å². The van der Waals surface area contributed by atoms with Crippen molar-refractivity contribution in [1.82, 2.24) is 0 Å². The normalized spacial score (nSPS) is 23.0. The Morgan fingerprint density at radius 2 is 1.35 bits per heavy atom. The SMILES string of the molecule is C[CH]=[Zr]([Br])[CH](C1C=Cc2ccccc21)C1C=Cc2ccccc21. The average molecular weight is 443 g/mol. The van der Waals surface area contributed by atoms with E-state index in [0.717, 1.165) is 0 Å². The van der Waals surface area contributed by atoms with E-state index in [4.69, 9.17) is 0 Å². The van der Waals surface area contributed by atoms with Gasteiger partial charge in [0, 0.05) is 0 Å². The van der Waals surface area contributed by atoms with Crippen molar-refractivity contribution in [3.63, 3.8) is 0 Å². The second-order valence-electron chi connectivity index (χ2n) is 6.23. The Morgan fingerprint density at radius 3 is 1.83 bits per heavy atom. The molecule has 23 heavy (non-hydrogen) atoms. The van der Waals surface area contributed by atoms with E-state index in [9.17, 15) is 0 Å². The van der Waals surface area contributed by atoms with Crippen LogP contribution in [0, 0.1) is 0 Å². The van der Waals surface area contributed by atoms with E-state index >= 15 is 0 Å². The number of benzene rings is 2. The van der Waals surface area contributed by atoms with Gasteiger partial charge < -0.3 is 0 Å². The third-order valence-corrected chi connectivity index (χ3v) is 15.6. The molecular formula is C21H19BrZr. The molecule has 2 aliphatic rings. The maximum atomic E-state index is 4.14. The van der Waals surface area contributed by atoms with Crippen LogP contribution in [-0.2, 0) is 18.9 Å². The summed E-state index contributed by atoms with van der Waals surface area (Å²) in [5, 5.41) is 0. The van der Waals surface area contributed by atoms with Gasteiger partial charge in [-0.1, -0.05) is 0 Å². The summed E-state index contributed by atoms with van der Waals surface area (Å²) in [6, 6.07) is 17.8. The number of rotatable bonds is 3. The van der Waals surface area contributed by atoms with Crippen molar-refractivity contribution in [3.05, 3.63) is 82.9 Å². The van der Waals surface area contributed by atoms with Crippen LogP contribution in [0.1, 0.15) is 41.0 Å². The number of allylic oxidation sites excluding steroid dienone is 2. The zero-order valence-electron chi connectivity index (χ0n) is 13.1. The molecule has 0 nitrogen and oxygen atoms in total. The summed E-state index contributed by atoms with van der Waals surface area (Å²) >= 11 is 2.38. The van der Waals surface area contributed by atoms with E-state index in [1.54, 1.807) is 0 Å². The second kappa shape index (κ2) is 6.57. The van der Waals surface area contributed by atoms with Crippen LogP contribution >= 0.6 is 12.2 Å². The molecule has 2 aliphatic carbocycles. The molecule has 2 aromatic rings. The van der Waals surface area contributed by atoms with Crippen LogP contribution in [0.4, 0.5) is 0 Å². The summed E-state index contributed by atoms with van der Waals surface area (Å²) < 4.78 is 3.17. The first kappa shape index (κ1) is 15.7. The van der Waals surface area contributed by atoms with Crippen molar-refractivity contribution >= 4 is 28.1 Å². The molecule has 114 valence electrons. The molecule has 0 heterocycles. The molecule has 0 saturated heterocycles. The molecule has 2 atom stereocenters. The first-order valence-corrected chi connectivity index (χ1v) is 16.6. The van der Waals surface area contributed by atoms with Crippen LogP contribution in [0.2, 0.25) is 3.63 Å². The van der Waals surface area contributed by atoms with E-state index in [0.29, 0.717) is 15.5 Å². The molecule has 0 N–H and O–H groups in total. The van der Waals surface area contributed by atoms with Gasteiger partial charge in [0.1, 0.15) is 0 Å². The van der Waals surface area contributed by atoms with Gasteiger partial charge in [-0.15, -0.1) is 0 Å². The van der Waals surface area contributed by atoms with E-state index < -0.39 is 18.9 Å². The van der Waals surface area contributed by atoms with Crippen LogP contribution in [0.5, 0.6) is 0 Å². The summed E-state index contributed by atoms with van der Waals surface area (Å²) in [6.45, 7) is 2.24. The van der Waals surface area contributed by atoms with E-state index in [1.165, 1.54) is 22.3 Å². The Balaban J connectivity index is 1.80. The zero-order chi connectivity index (χ0) is 15.8. The predicted octanol–water partition coefficient (Wildman–Crippen LogP) is 6.15. The number of halogens is 1. The Kier molecular flexibility index (Phi) is 4.48. The molecule has 2 heteroatoms. The Morgan fingerprint density at radius 1 is 0.870 bits per heavy atom. The van der Waals surface area contributed by atoms with Crippen LogP contribution < -0.4 is 0 Å². The van der Waals surface area contributed by atoms with Crippen molar-refractivity contribution in [2.45, 2.75) is 22.4 Å². The van der Waals surface area contributed by atoms with Gasteiger partial charge in [-0.3, -0.25) is 0 Å². The molecule has 0 amide bonds. The summed E-state index contributed by atoms with van der Waals surface area (Å²) in [5.41, 5.74) is 5.82. The van der Waals surface area contributed by atoms with Crippen LogP contribution in [0.3, 0.4) is 0 Å². The minimum atomic E-state index is -1.77. The summed E-state index contributed by atoms with van der Waals surface area (Å²) in [5.74, 6) is 1.08. The fourth-order valence-corrected chi connectivity index (χ4v) is 11.4. The minimum absolute atomic E-state index is 0.539. The summed E-state index contributed by atoms with van der Waals surface area (Å²) in [6.07, 6.45) is 9.51. The van der Waals surface area contributed by atoms with Gasteiger partial charge in [-0.05, 0) is 0 Å². The molecule has 0 bridgehead atoms. The van der Waals surface area contributed by atoms with Gasteiger partial charge in [0.15, 0.2) is 0 Å². The van der Waals surface area contributed by atoms with Crippen molar-refractivity contribution in [1.29, 1.82) is 0 Å². The van der Waals surface area contributed by atoms with Gasteiger partial charge in [0.05, 0.1) is 0 Å². The van der Waals surface area contributed by atoms with Crippen LogP contribution in [-0.4, -0.2) is 3.71 Å². The summed E-state index contributed by atoms with van der Waals surface area (Å²) in [7, 11) is 0. The van der Waals surface area contributed by atoms with Crippen molar-refractivity contribution in [3.8, 4) is 0 Å². The van der Waals surface area contributed by atoms with Gasteiger partial charge in [-0.25, -0.2) is 0 Å². The topological polar surface area (TPSA) is 0 Å². The monoisotopic (exact) mass is 440 g/mol. The zero-order valence-corrected chi connectivity index (χ0v) is 17.2. The fourth-order valence-electron chi connectivity index (χ4n) is 3.94. The van der Waals surface area contributed by atoms with Crippen LogP contribution in [0.25, 0.3) is 12.2 Å². The number of hydrogen-bond acceptors (Lipinski definition) is 0. The Hall–Kier alpha value is -0.847. The first-order chi connectivity index (χ1) is 11.3.